The summed E-state index contributed by atoms with van der Waals surface area (Å²) in [6.07, 6.45) is 1.19. The quantitative estimate of drug-likeness (QED) is 0.208. The Hall–Kier alpha value is -5.20. The summed E-state index contributed by atoms with van der Waals surface area (Å²) >= 11 is 0. The van der Waals surface area contributed by atoms with Crippen LogP contribution in [0.4, 0.5) is 25.9 Å². The number of hydrogen-bond donors (Lipinski definition) is 1. The number of carbonyl (C=O) groups excluding carboxylic acids is 2. The van der Waals surface area contributed by atoms with Crippen molar-refractivity contribution >= 4 is 40.7 Å². The van der Waals surface area contributed by atoms with Crippen LogP contribution in [0.2, 0.25) is 0 Å². The fraction of sp³-hybridized carbons (Fsp3) is 0.474. The number of rotatable bonds is 6. The van der Waals surface area contributed by atoms with Gasteiger partial charge in [0.05, 0.1) is 23.5 Å². The SMILES string of the molecule is CC(C)(C)OC(=O)N1CCCC(COc2cccc(-c3nccc(N(C(=O)OC(C)(C)C)c4ccc5c(c4)c(C(C)(C)C)nn5C(=O)O)n3)c2)C1. The number of aromatic nitrogens is 4. The van der Waals surface area contributed by atoms with Gasteiger partial charge in [0, 0.05) is 41.6 Å². The average molecular weight is 701 g/mol. The van der Waals surface area contributed by atoms with Gasteiger partial charge in [-0.25, -0.2) is 29.3 Å². The predicted molar refractivity (Wildman–Crippen MR) is 194 cm³/mol. The molecule has 2 aromatic heterocycles. The van der Waals surface area contributed by atoms with Gasteiger partial charge in [-0.05, 0) is 90.8 Å². The van der Waals surface area contributed by atoms with Gasteiger partial charge in [-0.2, -0.15) is 9.78 Å². The highest BCUT2D eigenvalue weighted by Crippen LogP contribution is 2.35. The molecular weight excluding hydrogens is 652 g/mol. The average Bonchev–Trinajstić information content (AvgIpc) is 3.43. The Bertz CT molecular complexity index is 1920. The Kier molecular flexibility index (Phi) is 10.3. The maximum Gasteiger partial charge on any atom is 0.432 e. The van der Waals surface area contributed by atoms with Crippen LogP contribution < -0.4 is 9.64 Å². The van der Waals surface area contributed by atoms with Crippen LogP contribution in [0.25, 0.3) is 22.3 Å². The molecule has 13 heteroatoms. The van der Waals surface area contributed by atoms with E-state index in [1.165, 1.54) is 4.90 Å². The molecule has 0 saturated carbocycles. The lowest BCUT2D eigenvalue weighted by Gasteiger charge is -2.34. The highest BCUT2D eigenvalue weighted by Gasteiger charge is 2.31. The van der Waals surface area contributed by atoms with E-state index in [1.54, 1.807) is 56.1 Å². The van der Waals surface area contributed by atoms with Crippen molar-refractivity contribution in [3.63, 3.8) is 0 Å². The lowest BCUT2D eigenvalue weighted by Crippen LogP contribution is -2.44. The number of ether oxygens (including phenoxy) is 3. The second-order valence-corrected chi connectivity index (χ2v) is 15.8. The van der Waals surface area contributed by atoms with E-state index in [2.05, 4.69) is 10.1 Å². The summed E-state index contributed by atoms with van der Waals surface area (Å²) in [7, 11) is 0. The number of hydrogen-bond acceptors (Lipinski definition) is 9. The zero-order valence-electron chi connectivity index (χ0n) is 30.9. The summed E-state index contributed by atoms with van der Waals surface area (Å²) in [6.45, 7) is 18.4. The van der Waals surface area contributed by atoms with E-state index in [4.69, 9.17) is 19.2 Å². The third-order valence-corrected chi connectivity index (χ3v) is 8.01. The monoisotopic (exact) mass is 700 g/mol. The minimum absolute atomic E-state index is 0.149. The summed E-state index contributed by atoms with van der Waals surface area (Å²) in [5.74, 6) is 1.38. The van der Waals surface area contributed by atoms with Gasteiger partial charge < -0.3 is 24.2 Å². The minimum atomic E-state index is -1.21. The summed E-state index contributed by atoms with van der Waals surface area (Å²) < 4.78 is 18.5. The Morgan fingerprint density at radius 2 is 1.67 bits per heavy atom. The third kappa shape index (κ3) is 9.13. The first-order valence-corrected chi connectivity index (χ1v) is 17.1. The van der Waals surface area contributed by atoms with Gasteiger partial charge in [0.25, 0.3) is 0 Å². The molecule has 1 unspecified atom stereocenters. The molecule has 272 valence electrons. The normalized spacial score (nSPS) is 15.4. The molecule has 0 bridgehead atoms. The number of amides is 2. The largest absolute Gasteiger partial charge is 0.493 e. The number of fused-ring (bicyclic) bond motifs is 1. The van der Waals surface area contributed by atoms with Crippen molar-refractivity contribution in [3.05, 3.63) is 60.4 Å². The van der Waals surface area contributed by atoms with Gasteiger partial charge in [-0.3, -0.25) is 0 Å². The second kappa shape index (κ2) is 14.2. The molecule has 4 aromatic rings. The van der Waals surface area contributed by atoms with Crippen LogP contribution in [-0.2, 0) is 14.9 Å². The zero-order chi connectivity index (χ0) is 37.3. The maximum atomic E-state index is 13.8. The van der Waals surface area contributed by atoms with Gasteiger partial charge in [0.1, 0.15) is 22.8 Å². The topological polar surface area (TPSA) is 149 Å². The molecule has 1 aliphatic heterocycles. The summed E-state index contributed by atoms with van der Waals surface area (Å²) in [4.78, 5) is 50.9. The fourth-order valence-corrected chi connectivity index (χ4v) is 5.83. The molecule has 2 amide bonds. The molecule has 0 spiro atoms. The van der Waals surface area contributed by atoms with Crippen molar-refractivity contribution in [1.82, 2.24) is 24.6 Å². The summed E-state index contributed by atoms with van der Waals surface area (Å²) in [5.41, 5.74) is 0.196. The van der Waals surface area contributed by atoms with Gasteiger partial charge in [0.2, 0.25) is 0 Å². The smallest absolute Gasteiger partial charge is 0.432 e. The number of carboxylic acid groups (broad SMARTS) is 1. The van der Waals surface area contributed by atoms with Crippen LogP contribution in [-0.4, -0.2) is 78.9 Å². The molecule has 13 nitrogen and oxygen atoms in total. The van der Waals surface area contributed by atoms with Gasteiger partial charge >= 0.3 is 18.3 Å². The molecule has 5 rings (SSSR count). The number of carbonyl (C=O) groups is 3. The van der Waals surface area contributed by atoms with E-state index < -0.39 is 28.8 Å². The molecule has 1 atom stereocenters. The molecule has 1 aliphatic rings. The van der Waals surface area contributed by atoms with Crippen molar-refractivity contribution in [2.45, 2.75) is 91.8 Å². The highest BCUT2D eigenvalue weighted by molar-refractivity contribution is 5.99. The third-order valence-electron chi connectivity index (χ3n) is 8.01. The van der Waals surface area contributed by atoms with Crippen molar-refractivity contribution in [2.24, 2.45) is 5.92 Å². The molecule has 1 fully saturated rings. The number of anilines is 2. The first-order chi connectivity index (χ1) is 23.8. The number of benzene rings is 2. The summed E-state index contributed by atoms with van der Waals surface area (Å²) in [5, 5.41) is 14.8. The summed E-state index contributed by atoms with van der Waals surface area (Å²) in [6, 6.07) is 14.0. The van der Waals surface area contributed by atoms with E-state index in [1.807, 2.05) is 65.8 Å². The van der Waals surface area contributed by atoms with Crippen molar-refractivity contribution in [3.8, 4) is 17.1 Å². The van der Waals surface area contributed by atoms with E-state index in [0.717, 1.165) is 17.5 Å². The van der Waals surface area contributed by atoms with Gasteiger partial charge in [0.15, 0.2) is 5.82 Å². The first kappa shape index (κ1) is 37.1. The van der Waals surface area contributed by atoms with Crippen LogP contribution in [0.1, 0.15) is 80.8 Å². The molecule has 0 radical (unpaired) electrons. The molecule has 0 aliphatic carbocycles. The molecular formula is C38H48N6O7. The zero-order valence-corrected chi connectivity index (χ0v) is 30.9. The predicted octanol–water partition coefficient (Wildman–Crippen LogP) is 8.42. The minimum Gasteiger partial charge on any atom is -0.493 e. The number of likely N-dealkylation sites (tertiary alicyclic amines) is 1. The Labute approximate surface area is 298 Å². The van der Waals surface area contributed by atoms with Gasteiger partial charge in [-0.1, -0.05) is 32.9 Å². The van der Waals surface area contributed by atoms with Gasteiger partial charge in [-0.15, -0.1) is 0 Å². The Balaban J connectivity index is 1.43. The van der Waals surface area contributed by atoms with E-state index in [9.17, 15) is 19.5 Å². The van der Waals surface area contributed by atoms with Crippen LogP contribution >= 0.6 is 0 Å². The molecule has 3 heterocycles. The Morgan fingerprint density at radius 3 is 2.33 bits per heavy atom. The number of nitrogens with zero attached hydrogens (tertiary/aromatic N) is 6. The lowest BCUT2D eigenvalue weighted by molar-refractivity contribution is 0.0139. The molecule has 2 aromatic carbocycles. The lowest BCUT2D eigenvalue weighted by atomic mass is 9.90. The van der Waals surface area contributed by atoms with Crippen LogP contribution in [0.15, 0.2) is 54.7 Å². The van der Waals surface area contributed by atoms with Crippen molar-refractivity contribution < 1.29 is 33.7 Å². The second-order valence-electron chi connectivity index (χ2n) is 15.8. The molecule has 1 N–H and O–H groups in total. The standard InChI is InChI=1S/C38H48N6O7/c1-36(2,3)31-28-21-26(15-16-29(28)44(41-31)33(45)46)43(35(48)51-38(7,8)9)30-17-18-39-32(40-30)25-13-10-14-27(20-25)49-23-24-12-11-19-42(22-24)34(47)50-37(4,5)6/h10,13-18,20-21,24H,11-12,19,22-23H2,1-9H3,(H,45,46). The van der Waals surface area contributed by atoms with Crippen LogP contribution in [0, 0.1) is 5.92 Å². The molecule has 1 saturated heterocycles. The molecule has 51 heavy (non-hydrogen) atoms. The number of piperidine rings is 1. The van der Waals surface area contributed by atoms with Crippen molar-refractivity contribution in [1.29, 1.82) is 0 Å². The van der Waals surface area contributed by atoms with Crippen molar-refractivity contribution in [2.75, 3.05) is 24.6 Å². The first-order valence-electron chi connectivity index (χ1n) is 17.1. The maximum absolute atomic E-state index is 13.8. The fourth-order valence-electron chi connectivity index (χ4n) is 5.83. The van der Waals surface area contributed by atoms with E-state index in [-0.39, 0.29) is 17.8 Å². The van der Waals surface area contributed by atoms with Crippen LogP contribution in [0.5, 0.6) is 5.75 Å². The highest BCUT2D eigenvalue weighted by atomic mass is 16.6. The Morgan fingerprint density at radius 1 is 0.941 bits per heavy atom. The van der Waals surface area contributed by atoms with E-state index >= 15 is 0 Å². The van der Waals surface area contributed by atoms with E-state index in [0.29, 0.717) is 59.1 Å². The van der Waals surface area contributed by atoms with Crippen LogP contribution in [0.3, 0.4) is 0 Å².